The molecule has 0 aromatic carbocycles. The molecular weight excluding hydrogens is 252 g/mol. The fourth-order valence-electron chi connectivity index (χ4n) is 1.58. The molecule has 0 saturated heterocycles. The van der Waals surface area contributed by atoms with Gasteiger partial charge in [-0.25, -0.2) is 0 Å². The summed E-state index contributed by atoms with van der Waals surface area (Å²) in [5.74, 6) is 0. The average molecular weight is 288 g/mol. The highest BCUT2D eigenvalue weighted by molar-refractivity contribution is 4.78. The lowest BCUT2D eigenvalue weighted by Crippen LogP contribution is -2.48. The van der Waals surface area contributed by atoms with E-state index in [1.165, 1.54) is 0 Å². The Balaban J connectivity index is 3.18. The second kappa shape index (κ2) is 10.5. The third-order valence-electron chi connectivity index (χ3n) is 2.95. The van der Waals surface area contributed by atoms with Crippen LogP contribution in [0.15, 0.2) is 0 Å². The summed E-state index contributed by atoms with van der Waals surface area (Å²) in [4.78, 5) is 0. The predicted molar refractivity (Wildman–Crippen MR) is 88.0 cm³/mol. The van der Waals surface area contributed by atoms with Crippen LogP contribution in [0.2, 0.25) is 0 Å². The Labute approximate surface area is 124 Å². The van der Waals surface area contributed by atoms with Crippen molar-refractivity contribution in [3.63, 3.8) is 0 Å². The molecule has 0 saturated carbocycles. The van der Waals surface area contributed by atoms with Gasteiger partial charge >= 0.3 is 0 Å². The van der Waals surface area contributed by atoms with Gasteiger partial charge in [-0.1, -0.05) is 0 Å². The highest BCUT2D eigenvalue weighted by Gasteiger charge is 2.12. The summed E-state index contributed by atoms with van der Waals surface area (Å²) >= 11 is 0. The molecule has 6 nitrogen and oxygen atoms in total. The molecule has 6 heteroatoms. The fourth-order valence-corrected chi connectivity index (χ4v) is 1.58. The first-order valence-corrected chi connectivity index (χ1v) is 7.63. The van der Waals surface area contributed by atoms with Crippen LogP contribution in [-0.2, 0) is 0 Å². The zero-order chi connectivity index (χ0) is 15.5. The van der Waals surface area contributed by atoms with Gasteiger partial charge in [0.25, 0.3) is 0 Å². The van der Waals surface area contributed by atoms with E-state index in [1.54, 1.807) is 0 Å². The molecule has 122 valence electrons. The van der Waals surface area contributed by atoms with Crippen molar-refractivity contribution in [2.24, 2.45) is 11.5 Å². The molecule has 0 radical (unpaired) electrons. The van der Waals surface area contributed by atoms with Crippen molar-refractivity contribution in [2.45, 2.75) is 38.8 Å². The SMILES string of the molecule is CC(C)(N)CNCCNCCNCCNC(C)(C)CN. The van der Waals surface area contributed by atoms with Crippen LogP contribution in [0.3, 0.4) is 0 Å². The van der Waals surface area contributed by atoms with Crippen LogP contribution in [0.25, 0.3) is 0 Å². The van der Waals surface area contributed by atoms with Crippen molar-refractivity contribution in [2.75, 3.05) is 52.4 Å². The number of nitrogens with one attached hydrogen (secondary N) is 4. The quantitative estimate of drug-likeness (QED) is 0.239. The smallest absolute Gasteiger partial charge is 0.0247 e. The minimum Gasteiger partial charge on any atom is -0.329 e. The molecule has 0 atom stereocenters. The Morgan fingerprint density at radius 2 is 1.20 bits per heavy atom. The minimum atomic E-state index is -0.133. The number of nitrogens with two attached hydrogens (primary N) is 2. The Morgan fingerprint density at radius 3 is 1.65 bits per heavy atom. The van der Waals surface area contributed by atoms with Gasteiger partial charge in [0.2, 0.25) is 0 Å². The first kappa shape index (κ1) is 19.8. The molecule has 0 aliphatic rings. The molecule has 0 aliphatic heterocycles. The van der Waals surface area contributed by atoms with E-state index in [-0.39, 0.29) is 11.1 Å². The molecule has 20 heavy (non-hydrogen) atoms. The van der Waals surface area contributed by atoms with Gasteiger partial charge in [0.15, 0.2) is 0 Å². The summed E-state index contributed by atoms with van der Waals surface area (Å²) < 4.78 is 0. The Kier molecular flexibility index (Phi) is 10.4. The summed E-state index contributed by atoms with van der Waals surface area (Å²) in [5.41, 5.74) is 11.4. The molecule has 0 rings (SSSR count). The minimum absolute atomic E-state index is 0.0301. The van der Waals surface area contributed by atoms with Crippen LogP contribution in [0.5, 0.6) is 0 Å². The molecule has 0 aliphatic carbocycles. The maximum Gasteiger partial charge on any atom is 0.0247 e. The summed E-state index contributed by atoms with van der Waals surface area (Å²) in [6.07, 6.45) is 0. The molecule has 0 spiro atoms. The van der Waals surface area contributed by atoms with Crippen molar-refractivity contribution < 1.29 is 0 Å². The van der Waals surface area contributed by atoms with Crippen molar-refractivity contribution in [1.29, 1.82) is 0 Å². The molecule has 0 unspecified atom stereocenters. The third-order valence-corrected chi connectivity index (χ3v) is 2.95. The zero-order valence-corrected chi connectivity index (χ0v) is 13.8. The summed E-state index contributed by atoms with van der Waals surface area (Å²) in [5, 5.41) is 13.5. The summed E-state index contributed by atoms with van der Waals surface area (Å²) in [7, 11) is 0. The molecule has 0 heterocycles. The van der Waals surface area contributed by atoms with Gasteiger partial charge in [-0.2, -0.15) is 0 Å². The normalized spacial score (nSPS) is 12.9. The van der Waals surface area contributed by atoms with Gasteiger partial charge in [-0.15, -0.1) is 0 Å². The average Bonchev–Trinajstić information content (AvgIpc) is 2.34. The molecule has 0 amide bonds. The predicted octanol–water partition coefficient (Wildman–Crippen LogP) is -1.18. The van der Waals surface area contributed by atoms with E-state index in [2.05, 4.69) is 35.1 Å². The van der Waals surface area contributed by atoms with Crippen molar-refractivity contribution in [3.05, 3.63) is 0 Å². The molecule has 0 aromatic heterocycles. The Morgan fingerprint density at radius 1 is 0.750 bits per heavy atom. The largest absolute Gasteiger partial charge is 0.329 e. The van der Waals surface area contributed by atoms with Crippen LogP contribution in [0.1, 0.15) is 27.7 Å². The van der Waals surface area contributed by atoms with Crippen LogP contribution in [0.4, 0.5) is 0 Å². The molecule has 0 fully saturated rings. The van der Waals surface area contributed by atoms with Crippen molar-refractivity contribution in [3.8, 4) is 0 Å². The lowest BCUT2D eigenvalue weighted by molar-refractivity contribution is 0.395. The van der Waals surface area contributed by atoms with E-state index in [4.69, 9.17) is 11.5 Å². The molecule has 0 bridgehead atoms. The lowest BCUT2D eigenvalue weighted by Gasteiger charge is -2.24. The van der Waals surface area contributed by atoms with E-state index in [0.717, 1.165) is 45.8 Å². The number of hydrogen-bond acceptors (Lipinski definition) is 6. The molecular formula is C14H36N6. The van der Waals surface area contributed by atoms with E-state index < -0.39 is 0 Å². The van der Waals surface area contributed by atoms with Gasteiger partial charge in [-0.3, -0.25) is 0 Å². The standard InChI is InChI=1S/C14H36N6/c1-13(2,16)12-19-8-7-17-5-6-18-9-10-20-14(3,4)11-15/h17-20H,5-12,15-16H2,1-4H3. The first-order chi connectivity index (χ1) is 9.27. The Hall–Kier alpha value is -0.240. The topological polar surface area (TPSA) is 100 Å². The van der Waals surface area contributed by atoms with E-state index >= 15 is 0 Å². The molecule has 8 N–H and O–H groups in total. The van der Waals surface area contributed by atoms with Crippen LogP contribution < -0.4 is 32.7 Å². The van der Waals surface area contributed by atoms with E-state index in [1.807, 2.05) is 13.8 Å². The van der Waals surface area contributed by atoms with E-state index in [0.29, 0.717) is 6.54 Å². The molecule has 0 aromatic rings. The fraction of sp³-hybridized carbons (Fsp3) is 1.00. The van der Waals surface area contributed by atoms with Crippen LogP contribution >= 0.6 is 0 Å². The maximum absolute atomic E-state index is 5.88. The number of rotatable bonds is 13. The first-order valence-electron chi connectivity index (χ1n) is 7.63. The second-order valence-electron chi connectivity index (χ2n) is 6.68. The second-order valence-corrected chi connectivity index (χ2v) is 6.68. The van der Waals surface area contributed by atoms with Gasteiger partial charge in [0.1, 0.15) is 0 Å². The summed E-state index contributed by atoms with van der Waals surface area (Å²) in [6, 6.07) is 0. The van der Waals surface area contributed by atoms with E-state index in [9.17, 15) is 0 Å². The summed E-state index contributed by atoms with van der Waals surface area (Å²) in [6.45, 7) is 15.6. The Bertz CT molecular complexity index is 224. The van der Waals surface area contributed by atoms with Gasteiger partial charge < -0.3 is 32.7 Å². The highest BCUT2D eigenvalue weighted by atomic mass is 15.0. The van der Waals surface area contributed by atoms with Crippen LogP contribution in [-0.4, -0.2) is 63.4 Å². The zero-order valence-electron chi connectivity index (χ0n) is 13.8. The van der Waals surface area contributed by atoms with Gasteiger partial charge in [-0.05, 0) is 27.7 Å². The lowest BCUT2D eigenvalue weighted by atomic mass is 10.1. The van der Waals surface area contributed by atoms with Crippen molar-refractivity contribution >= 4 is 0 Å². The van der Waals surface area contributed by atoms with Gasteiger partial charge in [0.05, 0.1) is 0 Å². The monoisotopic (exact) mass is 288 g/mol. The van der Waals surface area contributed by atoms with Gasteiger partial charge in [0, 0.05) is 63.4 Å². The van der Waals surface area contributed by atoms with Crippen molar-refractivity contribution in [1.82, 2.24) is 21.3 Å². The maximum atomic E-state index is 5.88. The highest BCUT2D eigenvalue weighted by Crippen LogP contribution is 1.95. The third kappa shape index (κ3) is 14.2. The number of hydrogen-bond donors (Lipinski definition) is 6. The van der Waals surface area contributed by atoms with Crippen LogP contribution in [0, 0.1) is 0 Å².